The fraction of sp³-hybridized carbons (Fsp3) is 0.417. The standard InChI is InChI=1S/C24H30N2O2/c1-2-26(22-11-7-4-8-12-22)24(28)21-15-13-20(14-16-21)23(27)25-18-17-19-9-5-3-6-10-19/h3-12,20-21H,2,13-18H2,1H3,(H,25,27). The maximum atomic E-state index is 13.0. The number of rotatable bonds is 7. The van der Waals surface area contributed by atoms with Crippen molar-refractivity contribution in [2.24, 2.45) is 11.8 Å². The van der Waals surface area contributed by atoms with Crippen molar-refractivity contribution in [2.75, 3.05) is 18.0 Å². The maximum Gasteiger partial charge on any atom is 0.230 e. The van der Waals surface area contributed by atoms with E-state index in [-0.39, 0.29) is 23.7 Å². The molecule has 0 unspecified atom stereocenters. The van der Waals surface area contributed by atoms with Gasteiger partial charge < -0.3 is 10.2 Å². The fourth-order valence-corrected chi connectivity index (χ4v) is 4.02. The van der Waals surface area contributed by atoms with Crippen molar-refractivity contribution in [1.29, 1.82) is 0 Å². The Hall–Kier alpha value is -2.62. The Balaban J connectivity index is 1.45. The molecular weight excluding hydrogens is 348 g/mol. The zero-order valence-electron chi connectivity index (χ0n) is 16.6. The highest BCUT2D eigenvalue weighted by Crippen LogP contribution is 2.31. The summed E-state index contributed by atoms with van der Waals surface area (Å²) in [5.74, 6) is 0.383. The first-order valence-corrected chi connectivity index (χ1v) is 10.4. The molecule has 148 valence electrons. The summed E-state index contributed by atoms with van der Waals surface area (Å²) < 4.78 is 0. The van der Waals surface area contributed by atoms with Crippen molar-refractivity contribution in [1.82, 2.24) is 5.32 Å². The lowest BCUT2D eigenvalue weighted by molar-refractivity contribution is -0.129. The summed E-state index contributed by atoms with van der Waals surface area (Å²) in [7, 11) is 0. The van der Waals surface area contributed by atoms with Gasteiger partial charge in [-0.25, -0.2) is 0 Å². The average Bonchev–Trinajstić information content (AvgIpc) is 2.76. The largest absolute Gasteiger partial charge is 0.356 e. The van der Waals surface area contributed by atoms with Gasteiger partial charge in [-0.05, 0) is 56.7 Å². The lowest BCUT2D eigenvalue weighted by atomic mass is 9.80. The molecule has 2 amide bonds. The van der Waals surface area contributed by atoms with Crippen LogP contribution in [-0.4, -0.2) is 24.9 Å². The summed E-state index contributed by atoms with van der Waals surface area (Å²) >= 11 is 0. The lowest BCUT2D eigenvalue weighted by Crippen LogP contribution is -2.40. The van der Waals surface area contributed by atoms with E-state index in [4.69, 9.17) is 0 Å². The first kappa shape index (κ1) is 20.1. The molecule has 1 aliphatic rings. The minimum Gasteiger partial charge on any atom is -0.356 e. The molecule has 1 N–H and O–H groups in total. The molecule has 3 rings (SSSR count). The van der Waals surface area contributed by atoms with Gasteiger partial charge in [0.15, 0.2) is 0 Å². The smallest absolute Gasteiger partial charge is 0.230 e. The Morgan fingerprint density at radius 2 is 1.46 bits per heavy atom. The molecular formula is C24H30N2O2. The Morgan fingerprint density at radius 1 is 0.893 bits per heavy atom. The topological polar surface area (TPSA) is 49.4 Å². The number of para-hydroxylation sites is 1. The third-order valence-corrected chi connectivity index (χ3v) is 5.65. The van der Waals surface area contributed by atoms with Crippen LogP contribution in [0.5, 0.6) is 0 Å². The van der Waals surface area contributed by atoms with Crippen LogP contribution in [0.3, 0.4) is 0 Å². The van der Waals surface area contributed by atoms with E-state index < -0.39 is 0 Å². The molecule has 0 saturated heterocycles. The molecule has 1 fully saturated rings. The van der Waals surface area contributed by atoms with Gasteiger partial charge in [0.1, 0.15) is 0 Å². The molecule has 2 aromatic carbocycles. The van der Waals surface area contributed by atoms with Crippen LogP contribution < -0.4 is 10.2 Å². The van der Waals surface area contributed by atoms with Gasteiger partial charge in [-0.1, -0.05) is 48.5 Å². The van der Waals surface area contributed by atoms with Crippen molar-refractivity contribution < 1.29 is 9.59 Å². The summed E-state index contributed by atoms with van der Waals surface area (Å²) in [5, 5.41) is 3.07. The number of hydrogen-bond acceptors (Lipinski definition) is 2. The van der Waals surface area contributed by atoms with Gasteiger partial charge in [-0.2, -0.15) is 0 Å². The van der Waals surface area contributed by atoms with Gasteiger partial charge in [0.05, 0.1) is 0 Å². The van der Waals surface area contributed by atoms with E-state index in [1.165, 1.54) is 5.56 Å². The first-order chi connectivity index (χ1) is 13.7. The molecule has 1 aliphatic carbocycles. The zero-order valence-corrected chi connectivity index (χ0v) is 16.6. The summed E-state index contributed by atoms with van der Waals surface area (Å²) in [4.78, 5) is 27.3. The Morgan fingerprint density at radius 3 is 2.07 bits per heavy atom. The molecule has 28 heavy (non-hydrogen) atoms. The van der Waals surface area contributed by atoms with E-state index >= 15 is 0 Å². The summed E-state index contributed by atoms with van der Waals surface area (Å²) in [6.07, 6.45) is 4.01. The molecule has 1 saturated carbocycles. The van der Waals surface area contributed by atoms with Crippen molar-refractivity contribution in [3.63, 3.8) is 0 Å². The van der Waals surface area contributed by atoms with Gasteiger partial charge in [0.25, 0.3) is 0 Å². The van der Waals surface area contributed by atoms with Crippen LogP contribution >= 0.6 is 0 Å². The van der Waals surface area contributed by atoms with Crippen molar-refractivity contribution in [2.45, 2.75) is 39.0 Å². The molecule has 0 heterocycles. The molecule has 0 bridgehead atoms. The Kier molecular flexibility index (Phi) is 7.24. The number of hydrogen-bond donors (Lipinski definition) is 1. The SMILES string of the molecule is CCN(C(=O)C1CCC(C(=O)NCCc2ccccc2)CC1)c1ccccc1. The van der Waals surface area contributed by atoms with E-state index in [1.54, 1.807) is 0 Å². The molecule has 4 heteroatoms. The monoisotopic (exact) mass is 378 g/mol. The number of nitrogens with zero attached hydrogens (tertiary/aromatic N) is 1. The normalized spacial score (nSPS) is 19.0. The third-order valence-electron chi connectivity index (χ3n) is 5.65. The minimum absolute atomic E-state index is 0.0218. The number of nitrogens with one attached hydrogen (secondary N) is 1. The average molecular weight is 379 g/mol. The van der Waals surface area contributed by atoms with Gasteiger partial charge in [0, 0.05) is 30.6 Å². The predicted molar refractivity (Wildman–Crippen MR) is 113 cm³/mol. The highest BCUT2D eigenvalue weighted by atomic mass is 16.2. The molecule has 0 radical (unpaired) electrons. The molecule has 0 atom stereocenters. The summed E-state index contributed by atoms with van der Waals surface area (Å²) in [6, 6.07) is 20.0. The van der Waals surface area contributed by atoms with Crippen molar-refractivity contribution >= 4 is 17.5 Å². The number of amides is 2. The van der Waals surface area contributed by atoms with Crippen LogP contribution in [0.4, 0.5) is 5.69 Å². The van der Waals surface area contributed by atoms with E-state index in [1.807, 2.05) is 60.4 Å². The second kappa shape index (κ2) is 10.1. The van der Waals surface area contributed by atoms with Crippen LogP contribution in [0.15, 0.2) is 60.7 Å². The first-order valence-electron chi connectivity index (χ1n) is 10.4. The van der Waals surface area contributed by atoms with E-state index in [9.17, 15) is 9.59 Å². The van der Waals surface area contributed by atoms with Crippen LogP contribution in [0.1, 0.15) is 38.2 Å². The lowest BCUT2D eigenvalue weighted by Gasteiger charge is -2.31. The van der Waals surface area contributed by atoms with E-state index in [2.05, 4.69) is 17.4 Å². The number of anilines is 1. The number of carbonyl (C=O) groups is 2. The van der Waals surface area contributed by atoms with Crippen LogP contribution in [0, 0.1) is 11.8 Å². The van der Waals surface area contributed by atoms with E-state index in [0.717, 1.165) is 37.8 Å². The molecule has 2 aromatic rings. The zero-order chi connectivity index (χ0) is 19.8. The molecule has 4 nitrogen and oxygen atoms in total. The summed E-state index contributed by atoms with van der Waals surface area (Å²) in [5.41, 5.74) is 2.19. The fourth-order valence-electron chi connectivity index (χ4n) is 4.02. The maximum absolute atomic E-state index is 13.0. The molecule has 0 aliphatic heterocycles. The quantitative estimate of drug-likeness (QED) is 0.785. The van der Waals surface area contributed by atoms with Crippen molar-refractivity contribution in [3.8, 4) is 0 Å². The van der Waals surface area contributed by atoms with Gasteiger partial charge in [-0.15, -0.1) is 0 Å². The Bertz CT molecular complexity index is 753. The second-order valence-electron chi connectivity index (χ2n) is 7.49. The third kappa shape index (κ3) is 5.22. The predicted octanol–water partition coefficient (Wildman–Crippen LogP) is 4.20. The van der Waals surface area contributed by atoms with Crippen LogP contribution in [0.2, 0.25) is 0 Å². The van der Waals surface area contributed by atoms with Gasteiger partial charge in [0.2, 0.25) is 11.8 Å². The number of benzene rings is 2. The highest BCUT2D eigenvalue weighted by Gasteiger charge is 2.32. The highest BCUT2D eigenvalue weighted by molar-refractivity contribution is 5.95. The minimum atomic E-state index is 0.0218. The second-order valence-corrected chi connectivity index (χ2v) is 7.49. The summed E-state index contributed by atoms with van der Waals surface area (Å²) in [6.45, 7) is 3.35. The van der Waals surface area contributed by atoms with Crippen LogP contribution in [-0.2, 0) is 16.0 Å². The Labute approximate surface area is 167 Å². The number of carbonyl (C=O) groups excluding carboxylic acids is 2. The van der Waals surface area contributed by atoms with Gasteiger partial charge in [-0.3, -0.25) is 9.59 Å². The van der Waals surface area contributed by atoms with Crippen molar-refractivity contribution in [3.05, 3.63) is 66.2 Å². The van der Waals surface area contributed by atoms with Gasteiger partial charge >= 0.3 is 0 Å². The van der Waals surface area contributed by atoms with E-state index in [0.29, 0.717) is 13.1 Å². The van der Waals surface area contributed by atoms with Crippen LogP contribution in [0.25, 0.3) is 0 Å². The molecule has 0 aromatic heterocycles. The molecule has 0 spiro atoms.